The van der Waals surface area contributed by atoms with E-state index in [0.29, 0.717) is 11.3 Å². The molecule has 0 radical (unpaired) electrons. The maximum absolute atomic E-state index is 10.6. The lowest BCUT2D eigenvalue weighted by Gasteiger charge is -1.99. The fraction of sp³-hybridized carbons (Fsp3) is 0.200. The summed E-state index contributed by atoms with van der Waals surface area (Å²) in [5.41, 5.74) is 1.86. The Kier molecular flexibility index (Phi) is 6.06. The molecule has 20 heavy (non-hydrogen) atoms. The summed E-state index contributed by atoms with van der Waals surface area (Å²) in [4.78, 5) is 0. The summed E-state index contributed by atoms with van der Waals surface area (Å²) in [6.45, 7) is 3.72. The zero-order chi connectivity index (χ0) is 15.1. The summed E-state index contributed by atoms with van der Waals surface area (Å²) >= 11 is -1.22. The first-order valence-corrected chi connectivity index (χ1v) is 7.44. The number of phenols is 2. The first kappa shape index (κ1) is 16.0. The van der Waals surface area contributed by atoms with Crippen LogP contribution in [0.15, 0.2) is 42.5 Å². The molecule has 1 unspecified atom stereocenters. The molecular formula is C15H18O4S. The molecule has 0 aromatic heterocycles. The minimum atomic E-state index is -1.22. The SMILES string of the molecule is Cc1cc(O)ccc1O.Cc1ccc(OS(C)=O)cc1. The van der Waals surface area contributed by atoms with Gasteiger partial charge >= 0.3 is 0 Å². The molecule has 2 aromatic carbocycles. The van der Waals surface area contributed by atoms with Crippen molar-refractivity contribution in [3.8, 4) is 17.2 Å². The van der Waals surface area contributed by atoms with Gasteiger partial charge in [-0.15, -0.1) is 0 Å². The van der Waals surface area contributed by atoms with E-state index in [0.717, 1.165) is 0 Å². The van der Waals surface area contributed by atoms with Crippen LogP contribution in [0.1, 0.15) is 11.1 Å². The standard InChI is InChI=1S/C8H10O2S.C7H8O2/c1-7-3-5-8(6-4-7)10-11(2)9;1-5-4-6(8)2-3-7(5)9/h3-6H,1-2H3;2-4,8-9H,1H3. The van der Waals surface area contributed by atoms with Crippen molar-refractivity contribution < 1.29 is 18.6 Å². The van der Waals surface area contributed by atoms with Crippen LogP contribution in [0.3, 0.4) is 0 Å². The van der Waals surface area contributed by atoms with Crippen LogP contribution < -0.4 is 4.18 Å². The van der Waals surface area contributed by atoms with Crippen LogP contribution in [0.4, 0.5) is 0 Å². The first-order valence-electron chi connectivity index (χ1n) is 5.95. The van der Waals surface area contributed by atoms with Gasteiger partial charge in [0, 0.05) is 6.26 Å². The molecule has 4 nitrogen and oxygen atoms in total. The van der Waals surface area contributed by atoms with E-state index in [1.54, 1.807) is 19.1 Å². The number of aryl methyl sites for hydroxylation is 2. The van der Waals surface area contributed by atoms with Gasteiger partial charge < -0.3 is 14.4 Å². The lowest BCUT2D eigenvalue weighted by atomic mass is 10.2. The molecule has 1 atom stereocenters. The molecule has 5 heteroatoms. The van der Waals surface area contributed by atoms with E-state index >= 15 is 0 Å². The summed E-state index contributed by atoms with van der Waals surface area (Å²) in [5, 5.41) is 17.8. The monoisotopic (exact) mass is 294 g/mol. The van der Waals surface area contributed by atoms with E-state index in [4.69, 9.17) is 14.4 Å². The van der Waals surface area contributed by atoms with Gasteiger partial charge in [-0.1, -0.05) is 17.7 Å². The fourth-order valence-electron chi connectivity index (χ4n) is 1.37. The van der Waals surface area contributed by atoms with E-state index in [1.807, 2.05) is 19.1 Å². The molecule has 0 fully saturated rings. The number of hydrogen-bond acceptors (Lipinski definition) is 4. The van der Waals surface area contributed by atoms with Crippen molar-refractivity contribution in [1.29, 1.82) is 0 Å². The van der Waals surface area contributed by atoms with Gasteiger partial charge in [-0.05, 0) is 49.7 Å². The Balaban J connectivity index is 0.000000204. The van der Waals surface area contributed by atoms with E-state index in [2.05, 4.69) is 0 Å². The van der Waals surface area contributed by atoms with Crippen LogP contribution in [0.5, 0.6) is 17.2 Å². The number of hydrogen-bond donors (Lipinski definition) is 2. The van der Waals surface area contributed by atoms with E-state index in [-0.39, 0.29) is 11.5 Å². The molecule has 0 spiro atoms. The molecule has 2 aromatic rings. The number of phenolic OH excluding ortho intramolecular Hbond substituents is 2. The van der Waals surface area contributed by atoms with Gasteiger partial charge in [0.2, 0.25) is 11.1 Å². The Bertz CT molecular complexity index is 579. The molecule has 0 heterocycles. The minimum absolute atomic E-state index is 0.185. The Hall–Kier alpha value is -2.01. The van der Waals surface area contributed by atoms with Crippen molar-refractivity contribution in [2.45, 2.75) is 13.8 Å². The van der Waals surface area contributed by atoms with Gasteiger partial charge in [0.1, 0.15) is 17.2 Å². The number of aromatic hydroxyl groups is 2. The number of rotatable bonds is 2. The molecule has 0 saturated heterocycles. The Morgan fingerprint density at radius 2 is 1.60 bits per heavy atom. The minimum Gasteiger partial charge on any atom is -0.508 e. The summed E-state index contributed by atoms with van der Waals surface area (Å²) < 4.78 is 15.5. The highest BCUT2D eigenvalue weighted by Crippen LogP contribution is 2.19. The zero-order valence-corrected chi connectivity index (χ0v) is 12.5. The fourth-order valence-corrected chi connectivity index (χ4v) is 1.75. The van der Waals surface area contributed by atoms with Crippen molar-refractivity contribution >= 4 is 11.1 Å². The van der Waals surface area contributed by atoms with Crippen molar-refractivity contribution in [2.24, 2.45) is 0 Å². The Morgan fingerprint density at radius 3 is 2.05 bits per heavy atom. The van der Waals surface area contributed by atoms with Crippen LogP contribution in [0.25, 0.3) is 0 Å². The predicted octanol–water partition coefficient (Wildman–Crippen LogP) is 3.07. The molecule has 0 bridgehead atoms. The van der Waals surface area contributed by atoms with E-state index in [1.165, 1.54) is 30.0 Å². The molecule has 0 aliphatic heterocycles. The lowest BCUT2D eigenvalue weighted by Crippen LogP contribution is -1.95. The van der Waals surface area contributed by atoms with Crippen LogP contribution in [0, 0.1) is 13.8 Å². The molecule has 2 N–H and O–H groups in total. The second kappa shape index (κ2) is 7.55. The van der Waals surface area contributed by atoms with Crippen LogP contribution in [0.2, 0.25) is 0 Å². The second-order valence-corrected chi connectivity index (χ2v) is 5.24. The number of benzene rings is 2. The summed E-state index contributed by atoms with van der Waals surface area (Å²) in [6.07, 6.45) is 1.50. The van der Waals surface area contributed by atoms with Crippen molar-refractivity contribution in [3.05, 3.63) is 53.6 Å². The van der Waals surface area contributed by atoms with Gasteiger partial charge in [0.15, 0.2) is 0 Å². The average molecular weight is 294 g/mol. The zero-order valence-electron chi connectivity index (χ0n) is 11.7. The first-order chi connectivity index (χ1) is 9.38. The summed E-state index contributed by atoms with van der Waals surface area (Å²) in [5.74, 6) is 1.05. The molecule has 0 aliphatic rings. The molecular weight excluding hydrogens is 276 g/mol. The largest absolute Gasteiger partial charge is 0.508 e. The van der Waals surface area contributed by atoms with E-state index in [9.17, 15) is 4.21 Å². The molecule has 0 aliphatic carbocycles. The lowest BCUT2D eigenvalue weighted by molar-refractivity contribution is 0.456. The normalized spacial score (nSPS) is 11.2. The third kappa shape index (κ3) is 5.75. The van der Waals surface area contributed by atoms with Gasteiger partial charge in [0.25, 0.3) is 0 Å². The van der Waals surface area contributed by atoms with Crippen LogP contribution in [-0.4, -0.2) is 20.7 Å². The van der Waals surface area contributed by atoms with Crippen molar-refractivity contribution in [1.82, 2.24) is 0 Å². The third-order valence-corrected chi connectivity index (χ3v) is 2.84. The van der Waals surface area contributed by atoms with Gasteiger partial charge in [-0.25, -0.2) is 4.21 Å². The average Bonchev–Trinajstić information content (AvgIpc) is 2.37. The summed E-state index contributed by atoms with van der Waals surface area (Å²) in [7, 11) is 0. The topological polar surface area (TPSA) is 66.8 Å². The quantitative estimate of drug-likeness (QED) is 0.835. The van der Waals surface area contributed by atoms with Crippen LogP contribution >= 0.6 is 0 Å². The maximum Gasteiger partial charge on any atom is 0.203 e. The van der Waals surface area contributed by atoms with E-state index < -0.39 is 11.1 Å². The Labute approximate surface area is 121 Å². The third-order valence-electron chi connectivity index (χ3n) is 2.41. The Morgan fingerprint density at radius 1 is 1.00 bits per heavy atom. The molecule has 0 saturated carbocycles. The molecule has 108 valence electrons. The highest BCUT2D eigenvalue weighted by Gasteiger charge is 1.94. The smallest absolute Gasteiger partial charge is 0.203 e. The molecule has 2 rings (SSSR count). The van der Waals surface area contributed by atoms with Crippen LogP contribution in [-0.2, 0) is 11.1 Å². The molecule has 0 amide bonds. The van der Waals surface area contributed by atoms with Gasteiger partial charge in [-0.3, -0.25) is 0 Å². The highest BCUT2D eigenvalue weighted by atomic mass is 32.2. The van der Waals surface area contributed by atoms with Gasteiger partial charge in [-0.2, -0.15) is 0 Å². The predicted molar refractivity (Wildman–Crippen MR) is 80.4 cm³/mol. The summed E-state index contributed by atoms with van der Waals surface area (Å²) in [6, 6.07) is 11.9. The maximum atomic E-state index is 10.6. The highest BCUT2D eigenvalue weighted by molar-refractivity contribution is 7.79. The van der Waals surface area contributed by atoms with Crippen molar-refractivity contribution in [2.75, 3.05) is 6.26 Å². The van der Waals surface area contributed by atoms with Crippen molar-refractivity contribution in [3.63, 3.8) is 0 Å². The second-order valence-electron chi connectivity index (χ2n) is 4.27. The van der Waals surface area contributed by atoms with Gasteiger partial charge in [0.05, 0.1) is 0 Å².